The zero-order chi connectivity index (χ0) is 22.3. The fourth-order valence-electron chi connectivity index (χ4n) is 3.80. The number of fused-ring (bicyclic) bond motifs is 1. The highest BCUT2D eigenvalue weighted by Crippen LogP contribution is 2.29. The van der Waals surface area contributed by atoms with E-state index in [1.807, 2.05) is 32.0 Å². The molecule has 0 unspecified atom stereocenters. The molecule has 0 saturated heterocycles. The number of hydrogen-bond donors (Lipinski definition) is 4. The summed E-state index contributed by atoms with van der Waals surface area (Å²) in [6.45, 7) is 7.47. The van der Waals surface area contributed by atoms with Gasteiger partial charge in [-0.05, 0) is 57.2 Å². The van der Waals surface area contributed by atoms with E-state index < -0.39 is 5.60 Å². The van der Waals surface area contributed by atoms with Gasteiger partial charge < -0.3 is 21.5 Å². The van der Waals surface area contributed by atoms with E-state index in [1.54, 1.807) is 30.6 Å². The summed E-state index contributed by atoms with van der Waals surface area (Å²) in [5.41, 5.74) is 9.24. The van der Waals surface area contributed by atoms with Crippen LogP contribution in [0.3, 0.4) is 0 Å². The molecular formula is C23H30N6O2. The molecule has 1 aromatic carbocycles. The molecule has 1 atom stereocenters. The Balaban J connectivity index is 1.68. The Morgan fingerprint density at radius 3 is 2.71 bits per heavy atom. The third-order valence-electron chi connectivity index (χ3n) is 5.78. The molecule has 5 N–H and O–H groups in total. The minimum absolute atomic E-state index is 0.0301. The number of benzene rings is 1. The maximum atomic E-state index is 12.4. The minimum Gasteiger partial charge on any atom is -0.388 e. The predicted molar refractivity (Wildman–Crippen MR) is 122 cm³/mol. The quantitative estimate of drug-likeness (QED) is 0.465. The number of nitrogens with two attached hydrogens (primary N) is 1. The number of nitrogens with one attached hydrogen (secondary N) is 2. The maximum Gasteiger partial charge on any atom is 0.251 e. The molecular weight excluding hydrogens is 392 g/mol. The Kier molecular flexibility index (Phi) is 5.35. The standard InChI is InChI=1S/C23H30N6O2/c1-5-18(23(3,4)31)27-20-11-19(24)29-21(28-20)17(12-25-29)14-6-9-16(13(2)10-14)22(30)26-15-7-8-15/h6,9-12,15,18,31H,5,7-8,24H2,1-4H3,(H,26,30)(H,27,28)/t18-/m0/s1. The number of aryl methyl sites for hydroxylation is 1. The first-order valence-electron chi connectivity index (χ1n) is 10.7. The first kappa shape index (κ1) is 21.1. The van der Waals surface area contributed by atoms with E-state index in [9.17, 15) is 9.90 Å². The summed E-state index contributed by atoms with van der Waals surface area (Å²) < 4.78 is 1.59. The van der Waals surface area contributed by atoms with Gasteiger partial charge in [0.15, 0.2) is 5.65 Å². The van der Waals surface area contributed by atoms with Crippen molar-refractivity contribution in [3.63, 3.8) is 0 Å². The van der Waals surface area contributed by atoms with Gasteiger partial charge in [0, 0.05) is 23.2 Å². The van der Waals surface area contributed by atoms with Gasteiger partial charge in [-0.2, -0.15) is 9.61 Å². The number of aliphatic hydroxyl groups is 1. The number of nitrogens with zero attached hydrogens (tertiary/aromatic N) is 3. The molecule has 3 aromatic rings. The van der Waals surface area contributed by atoms with E-state index in [-0.39, 0.29) is 11.9 Å². The minimum atomic E-state index is -0.908. The number of hydrogen-bond acceptors (Lipinski definition) is 6. The molecule has 1 aliphatic carbocycles. The van der Waals surface area contributed by atoms with E-state index in [1.165, 1.54) is 0 Å². The first-order valence-corrected chi connectivity index (χ1v) is 10.7. The summed E-state index contributed by atoms with van der Waals surface area (Å²) in [6, 6.07) is 7.59. The molecule has 0 aliphatic heterocycles. The number of carbonyl (C=O) groups excluding carboxylic acids is 1. The molecule has 0 radical (unpaired) electrons. The van der Waals surface area contributed by atoms with Gasteiger partial charge in [0.05, 0.1) is 17.8 Å². The van der Waals surface area contributed by atoms with Crippen LogP contribution in [0.2, 0.25) is 0 Å². The second-order valence-corrected chi connectivity index (χ2v) is 8.90. The Labute approximate surface area is 181 Å². The average molecular weight is 423 g/mol. The molecule has 2 aromatic heterocycles. The normalized spacial score (nSPS) is 15.1. The van der Waals surface area contributed by atoms with Gasteiger partial charge in [0.1, 0.15) is 11.6 Å². The third kappa shape index (κ3) is 4.34. The van der Waals surface area contributed by atoms with E-state index in [2.05, 4.69) is 15.7 Å². The van der Waals surface area contributed by atoms with Gasteiger partial charge in [-0.25, -0.2) is 4.98 Å². The smallest absolute Gasteiger partial charge is 0.251 e. The number of rotatable bonds is 7. The fourth-order valence-corrected chi connectivity index (χ4v) is 3.80. The molecule has 0 spiro atoms. The molecule has 2 heterocycles. The molecule has 8 heteroatoms. The fraction of sp³-hybridized carbons (Fsp3) is 0.435. The van der Waals surface area contributed by atoms with Crippen molar-refractivity contribution in [2.75, 3.05) is 11.1 Å². The number of carbonyl (C=O) groups is 1. The topological polar surface area (TPSA) is 118 Å². The Morgan fingerprint density at radius 2 is 2.10 bits per heavy atom. The van der Waals surface area contributed by atoms with Crippen LogP contribution in [0.15, 0.2) is 30.5 Å². The molecule has 1 aliphatic rings. The van der Waals surface area contributed by atoms with Crippen LogP contribution in [0.4, 0.5) is 11.6 Å². The largest absolute Gasteiger partial charge is 0.388 e. The lowest BCUT2D eigenvalue weighted by molar-refractivity contribution is 0.0578. The van der Waals surface area contributed by atoms with Crippen molar-refractivity contribution >= 4 is 23.2 Å². The molecule has 164 valence electrons. The SMILES string of the molecule is CC[C@H](Nc1cc(N)n2ncc(-c3ccc(C(=O)NC4CC4)c(C)c3)c2n1)C(C)(C)O. The van der Waals surface area contributed by atoms with Crippen LogP contribution in [-0.4, -0.2) is 43.3 Å². The van der Waals surface area contributed by atoms with Gasteiger partial charge >= 0.3 is 0 Å². The molecule has 1 fully saturated rings. The van der Waals surface area contributed by atoms with Gasteiger partial charge in [-0.3, -0.25) is 4.79 Å². The number of anilines is 2. The average Bonchev–Trinajstić information content (AvgIpc) is 3.40. The van der Waals surface area contributed by atoms with Crippen molar-refractivity contribution in [3.8, 4) is 11.1 Å². The summed E-state index contributed by atoms with van der Waals surface area (Å²) in [4.78, 5) is 17.2. The van der Waals surface area contributed by atoms with Gasteiger partial charge in [0.25, 0.3) is 5.91 Å². The highest BCUT2D eigenvalue weighted by Gasteiger charge is 2.26. The van der Waals surface area contributed by atoms with Crippen molar-refractivity contribution in [1.82, 2.24) is 19.9 Å². The lowest BCUT2D eigenvalue weighted by Gasteiger charge is -2.29. The molecule has 1 saturated carbocycles. The third-order valence-corrected chi connectivity index (χ3v) is 5.78. The highest BCUT2D eigenvalue weighted by molar-refractivity contribution is 5.97. The van der Waals surface area contributed by atoms with Crippen LogP contribution >= 0.6 is 0 Å². The summed E-state index contributed by atoms with van der Waals surface area (Å²) in [5, 5.41) is 21.1. The zero-order valence-corrected chi connectivity index (χ0v) is 18.4. The molecule has 8 nitrogen and oxygen atoms in total. The van der Waals surface area contributed by atoms with Crippen molar-refractivity contribution in [1.29, 1.82) is 0 Å². The van der Waals surface area contributed by atoms with Crippen LogP contribution in [0.1, 0.15) is 56.0 Å². The summed E-state index contributed by atoms with van der Waals surface area (Å²) in [5.74, 6) is 0.997. The molecule has 0 bridgehead atoms. The van der Waals surface area contributed by atoms with Gasteiger partial charge in [-0.1, -0.05) is 19.1 Å². The van der Waals surface area contributed by atoms with Crippen LogP contribution in [0.25, 0.3) is 16.8 Å². The predicted octanol–water partition coefficient (Wildman–Crippen LogP) is 3.14. The van der Waals surface area contributed by atoms with E-state index >= 15 is 0 Å². The van der Waals surface area contributed by atoms with E-state index in [0.29, 0.717) is 28.9 Å². The van der Waals surface area contributed by atoms with E-state index in [4.69, 9.17) is 10.7 Å². The van der Waals surface area contributed by atoms with E-state index in [0.717, 1.165) is 36.0 Å². The molecule has 1 amide bonds. The Hall–Kier alpha value is -3.13. The van der Waals surface area contributed by atoms with Crippen molar-refractivity contribution < 1.29 is 9.90 Å². The highest BCUT2D eigenvalue weighted by atomic mass is 16.3. The summed E-state index contributed by atoms with van der Waals surface area (Å²) in [6.07, 6.45) is 4.57. The monoisotopic (exact) mass is 422 g/mol. The van der Waals surface area contributed by atoms with Crippen LogP contribution < -0.4 is 16.4 Å². The molecule has 4 rings (SSSR count). The number of aromatic nitrogens is 3. The number of amides is 1. The van der Waals surface area contributed by atoms with Crippen LogP contribution in [-0.2, 0) is 0 Å². The van der Waals surface area contributed by atoms with Crippen LogP contribution in [0, 0.1) is 6.92 Å². The van der Waals surface area contributed by atoms with Crippen molar-refractivity contribution in [2.45, 2.75) is 64.6 Å². The first-order chi connectivity index (χ1) is 14.7. The van der Waals surface area contributed by atoms with Crippen molar-refractivity contribution in [3.05, 3.63) is 41.6 Å². The Bertz CT molecular complexity index is 1130. The second kappa shape index (κ2) is 7.85. The van der Waals surface area contributed by atoms with Gasteiger partial charge in [0.2, 0.25) is 0 Å². The summed E-state index contributed by atoms with van der Waals surface area (Å²) >= 11 is 0. The molecule has 31 heavy (non-hydrogen) atoms. The number of nitrogen functional groups attached to an aromatic ring is 1. The van der Waals surface area contributed by atoms with Gasteiger partial charge in [-0.15, -0.1) is 0 Å². The second-order valence-electron chi connectivity index (χ2n) is 8.90. The lowest BCUT2D eigenvalue weighted by atomic mass is 9.97. The maximum absolute atomic E-state index is 12.4. The van der Waals surface area contributed by atoms with Crippen molar-refractivity contribution in [2.24, 2.45) is 0 Å². The van der Waals surface area contributed by atoms with Crippen LogP contribution in [0.5, 0.6) is 0 Å². The Morgan fingerprint density at radius 1 is 1.35 bits per heavy atom. The zero-order valence-electron chi connectivity index (χ0n) is 18.4. The lowest BCUT2D eigenvalue weighted by Crippen LogP contribution is -2.41. The summed E-state index contributed by atoms with van der Waals surface area (Å²) in [7, 11) is 0.